The molecule has 0 saturated carbocycles. The summed E-state index contributed by atoms with van der Waals surface area (Å²) in [5, 5.41) is 8.37. The minimum atomic E-state index is -2.40. The van der Waals surface area contributed by atoms with Crippen molar-refractivity contribution in [2.24, 2.45) is 5.73 Å². The molecule has 0 radical (unpaired) electrons. The van der Waals surface area contributed by atoms with Gasteiger partial charge in [0.2, 0.25) is 0 Å². The zero-order valence-electron chi connectivity index (χ0n) is 15.2. The summed E-state index contributed by atoms with van der Waals surface area (Å²) < 4.78 is 17.0. The summed E-state index contributed by atoms with van der Waals surface area (Å²) in [6, 6.07) is 0.818. The van der Waals surface area contributed by atoms with Gasteiger partial charge in [-0.15, -0.1) is 0 Å². The fourth-order valence-electron chi connectivity index (χ4n) is 2.04. The molecule has 6 heteroatoms. The van der Waals surface area contributed by atoms with E-state index in [9.17, 15) is 0 Å². The van der Waals surface area contributed by atoms with E-state index in [1.54, 1.807) is 0 Å². The van der Waals surface area contributed by atoms with Crippen LogP contribution in [0.25, 0.3) is 0 Å². The van der Waals surface area contributed by atoms with Crippen molar-refractivity contribution in [3.63, 3.8) is 0 Å². The van der Waals surface area contributed by atoms with E-state index in [2.05, 4.69) is 6.92 Å². The van der Waals surface area contributed by atoms with Crippen LogP contribution in [0.1, 0.15) is 66.2 Å². The fourth-order valence-corrected chi connectivity index (χ4v) is 4.67. The topological polar surface area (TPSA) is 73.9 Å². The second-order valence-electron chi connectivity index (χ2n) is 5.01. The molecular weight excluding hydrogens is 298 g/mol. The third-order valence-corrected chi connectivity index (χ3v) is 6.19. The first-order valence-electron chi connectivity index (χ1n) is 8.88. The highest BCUT2D eigenvalue weighted by Gasteiger charge is 2.39. The number of unbranched alkanes of at least 4 members (excludes halogenated alkanes) is 4. The van der Waals surface area contributed by atoms with Crippen molar-refractivity contribution in [2.45, 2.75) is 72.3 Å². The van der Waals surface area contributed by atoms with E-state index in [1.165, 1.54) is 25.7 Å². The van der Waals surface area contributed by atoms with Crippen LogP contribution in [0, 0.1) is 0 Å². The monoisotopic (exact) mass is 337 g/mol. The van der Waals surface area contributed by atoms with E-state index in [-0.39, 0.29) is 0 Å². The first kappa shape index (κ1) is 24.3. The van der Waals surface area contributed by atoms with Gasteiger partial charge in [-0.25, -0.2) is 0 Å². The zero-order chi connectivity index (χ0) is 17.1. The van der Waals surface area contributed by atoms with Crippen molar-refractivity contribution in [2.75, 3.05) is 33.0 Å². The molecule has 0 aromatic carbocycles. The summed E-state index contributed by atoms with van der Waals surface area (Å²) in [5.74, 6) is 0. The fraction of sp³-hybridized carbons (Fsp3) is 1.00. The van der Waals surface area contributed by atoms with Gasteiger partial charge < -0.3 is 24.1 Å². The second kappa shape index (κ2) is 19.1. The van der Waals surface area contributed by atoms with Crippen molar-refractivity contribution in [3.05, 3.63) is 0 Å². The van der Waals surface area contributed by atoms with Crippen LogP contribution in [0.15, 0.2) is 0 Å². The molecule has 0 amide bonds. The summed E-state index contributed by atoms with van der Waals surface area (Å²) >= 11 is 0. The van der Waals surface area contributed by atoms with Crippen LogP contribution in [-0.4, -0.2) is 46.9 Å². The first-order chi connectivity index (χ1) is 10.7. The molecule has 0 saturated heterocycles. The molecule has 0 bridgehead atoms. The molecule has 136 valence electrons. The van der Waals surface area contributed by atoms with Crippen LogP contribution in [-0.2, 0) is 13.3 Å². The number of aliphatic hydroxyl groups excluding tert-OH is 1. The Balaban J connectivity index is 0. The summed E-state index contributed by atoms with van der Waals surface area (Å²) in [7, 11) is -2.40. The summed E-state index contributed by atoms with van der Waals surface area (Å²) in [6.45, 7) is 11.0. The number of hydrogen-bond donors (Lipinski definition) is 2. The highest BCUT2D eigenvalue weighted by atomic mass is 28.4. The van der Waals surface area contributed by atoms with Gasteiger partial charge in [-0.05, 0) is 40.2 Å². The van der Waals surface area contributed by atoms with E-state index < -0.39 is 8.80 Å². The standard InChI is InChI=1S/C9H23NO3Si.C7H16O/c1-4-11-14(12-5-2,13-6-3)9-7-8-10;1-2-3-4-5-6-7-8/h4-10H2,1-3H3;8H,2-7H2,1H3. The van der Waals surface area contributed by atoms with Crippen LogP contribution in [0.4, 0.5) is 0 Å². The summed E-state index contributed by atoms with van der Waals surface area (Å²) in [5.41, 5.74) is 5.48. The molecule has 0 atom stereocenters. The Kier molecular flexibility index (Phi) is 21.0. The molecule has 0 aliphatic rings. The number of aliphatic hydroxyl groups is 1. The minimum absolute atomic E-state index is 0.365. The Morgan fingerprint density at radius 3 is 1.64 bits per heavy atom. The van der Waals surface area contributed by atoms with E-state index in [0.717, 1.165) is 18.9 Å². The van der Waals surface area contributed by atoms with Crippen molar-refractivity contribution in [1.29, 1.82) is 0 Å². The van der Waals surface area contributed by atoms with Gasteiger partial charge in [-0.1, -0.05) is 32.6 Å². The molecule has 0 aromatic heterocycles. The lowest BCUT2D eigenvalue weighted by Crippen LogP contribution is -2.46. The molecular formula is C16H39NO4Si. The van der Waals surface area contributed by atoms with E-state index in [1.807, 2.05) is 20.8 Å². The van der Waals surface area contributed by atoms with Gasteiger partial charge in [-0.2, -0.15) is 0 Å². The molecule has 0 aromatic rings. The third kappa shape index (κ3) is 14.9. The number of rotatable bonds is 14. The lowest BCUT2D eigenvalue weighted by molar-refractivity contribution is 0.0710. The third-order valence-electron chi connectivity index (χ3n) is 3.04. The molecule has 0 heterocycles. The molecule has 0 aliphatic carbocycles. The summed E-state index contributed by atoms with van der Waals surface area (Å²) in [6.07, 6.45) is 6.97. The smallest absolute Gasteiger partial charge is 0.396 e. The molecule has 5 nitrogen and oxygen atoms in total. The molecule has 0 unspecified atom stereocenters. The Bertz CT molecular complexity index is 186. The average molecular weight is 338 g/mol. The average Bonchev–Trinajstić information content (AvgIpc) is 2.51. The highest BCUT2D eigenvalue weighted by molar-refractivity contribution is 6.60. The van der Waals surface area contributed by atoms with Crippen LogP contribution in [0.3, 0.4) is 0 Å². The lowest BCUT2D eigenvalue weighted by atomic mass is 10.2. The van der Waals surface area contributed by atoms with Gasteiger partial charge in [0.25, 0.3) is 0 Å². The molecule has 3 N–H and O–H groups in total. The van der Waals surface area contributed by atoms with Crippen LogP contribution >= 0.6 is 0 Å². The Morgan fingerprint density at radius 2 is 1.27 bits per heavy atom. The Hall–Kier alpha value is 0.0169. The maximum absolute atomic E-state index is 8.37. The first-order valence-corrected chi connectivity index (χ1v) is 10.8. The Morgan fingerprint density at radius 1 is 0.773 bits per heavy atom. The van der Waals surface area contributed by atoms with Crippen LogP contribution < -0.4 is 5.73 Å². The SMILES string of the molecule is CCCCCCCO.CCO[Si](CCCN)(OCC)OCC. The molecule has 22 heavy (non-hydrogen) atoms. The zero-order valence-corrected chi connectivity index (χ0v) is 16.2. The molecule has 0 spiro atoms. The van der Waals surface area contributed by atoms with Crippen LogP contribution in [0.2, 0.25) is 6.04 Å². The van der Waals surface area contributed by atoms with Gasteiger partial charge in [-0.3, -0.25) is 0 Å². The minimum Gasteiger partial charge on any atom is -0.396 e. The number of hydrogen-bond acceptors (Lipinski definition) is 5. The van der Waals surface area contributed by atoms with Gasteiger partial charge in [0, 0.05) is 32.5 Å². The molecule has 0 fully saturated rings. The van der Waals surface area contributed by atoms with Crippen molar-refractivity contribution >= 4 is 8.80 Å². The predicted octanol–water partition coefficient (Wildman–Crippen LogP) is 3.33. The van der Waals surface area contributed by atoms with Crippen LogP contribution in [0.5, 0.6) is 0 Å². The molecule has 0 rings (SSSR count). The maximum Gasteiger partial charge on any atom is 0.500 e. The van der Waals surface area contributed by atoms with Crippen molar-refractivity contribution in [1.82, 2.24) is 0 Å². The predicted molar refractivity (Wildman–Crippen MR) is 95.0 cm³/mol. The second-order valence-corrected chi connectivity index (χ2v) is 7.74. The van der Waals surface area contributed by atoms with Gasteiger partial charge in [0.15, 0.2) is 0 Å². The quantitative estimate of drug-likeness (QED) is 0.376. The molecule has 0 aliphatic heterocycles. The van der Waals surface area contributed by atoms with Gasteiger partial charge in [0.1, 0.15) is 0 Å². The van der Waals surface area contributed by atoms with E-state index in [4.69, 9.17) is 24.1 Å². The van der Waals surface area contributed by atoms with Crippen molar-refractivity contribution < 1.29 is 18.4 Å². The summed E-state index contributed by atoms with van der Waals surface area (Å²) in [4.78, 5) is 0. The van der Waals surface area contributed by atoms with E-state index >= 15 is 0 Å². The maximum atomic E-state index is 8.37. The lowest BCUT2D eigenvalue weighted by Gasteiger charge is -2.28. The Labute approximate surface area is 138 Å². The number of nitrogens with two attached hydrogens (primary N) is 1. The van der Waals surface area contributed by atoms with Crippen molar-refractivity contribution in [3.8, 4) is 0 Å². The highest BCUT2D eigenvalue weighted by Crippen LogP contribution is 2.17. The largest absolute Gasteiger partial charge is 0.500 e. The van der Waals surface area contributed by atoms with E-state index in [0.29, 0.717) is 33.0 Å². The van der Waals surface area contributed by atoms with Gasteiger partial charge >= 0.3 is 8.80 Å². The van der Waals surface area contributed by atoms with Gasteiger partial charge in [0.05, 0.1) is 0 Å². The normalized spacial score (nSPS) is 11.2.